The van der Waals surface area contributed by atoms with Crippen molar-refractivity contribution in [2.45, 2.75) is 31.2 Å². The van der Waals surface area contributed by atoms with Crippen molar-refractivity contribution in [3.8, 4) is 0 Å². The highest BCUT2D eigenvalue weighted by atomic mass is 35.5. The van der Waals surface area contributed by atoms with Crippen LogP contribution in [0.3, 0.4) is 0 Å². The molecule has 6 heteroatoms. The van der Waals surface area contributed by atoms with Crippen molar-refractivity contribution in [3.63, 3.8) is 0 Å². The Balaban J connectivity index is 1.60. The molecule has 0 atom stereocenters. The van der Waals surface area contributed by atoms with Crippen molar-refractivity contribution in [1.29, 1.82) is 0 Å². The highest BCUT2D eigenvalue weighted by molar-refractivity contribution is 6.30. The van der Waals surface area contributed by atoms with Crippen LogP contribution in [0.2, 0.25) is 5.02 Å². The Morgan fingerprint density at radius 3 is 2.77 bits per heavy atom. The highest BCUT2D eigenvalue weighted by Gasteiger charge is 2.29. The minimum atomic E-state index is 0.292. The van der Waals surface area contributed by atoms with Crippen LogP contribution in [0.15, 0.2) is 30.3 Å². The van der Waals surface area contributed by atoms with Crippen LogP contribution >= 0.6 is 11.6 Å². The molecular formula is C16H20ClN5. The van der Waals surface area contributed by atoms with Crippen LogP contribution in [-0.4, -0.2) is 22.6 Å². The zero-order valence-electron chi connectivity index (χ0n) is 12.3. The van der Waals surface area contributed by atoms with Gasteiger partial charge in [0.05, 0.1) is 5.69 Å². The van der Waals surface area contributed by atoms with Crippen LogP contribution < -0.4 is 16.8 Å². The van der Waals surface area contributed by atoms with Gasteiger partial charge in [0.2, 0.25) is 5.95 Å². The largest absolute Gasteiger partial charge is 0.370 e. The SMILES string of the molecule is Nc1nc(NCCc2cccc(Cl)c2)cc(C2CC(N)C2)n1. The number of halogens is 1. The molecule has 0 radical (unpaired) electrons. The lowest BCUT2D eigenvalue weighted by molar-refractivity contribution is 0.345. The van der Waals surface area contributed by atoms with Crippen LogP contribution in [0.5, 0.6) is 0 Å². The Labute approximate surface area is 135 Å². The van der Waals surface area contributed by atoms with Gasteiger partial charge in [-0.15, -0.1) is 0 Å². The fourth-order valence-electron chi connectivity index (χ4n) is 2.72. The average molecular weight is 318 g/mol. The molecule has 22 heavy (non-hydrogen) atoms. The zero-order chi connectivity index (χ0) is 15.5. The van der Waals surface area contributed by atoms with Crippen molar-refractivity contribution in [3.05, 3.63) is 46.6 Å². The fraction of sp³-hybridized carbons (Fsp3) is 0.375. The molecule has 1 aliphatic carbocycles. The number of nitrogens with one attached hydrogen (secondary N) is 1. The molecule has 1 aromatic heterocycles. The first-order valence-corrected chi connectivity index (χ1v) is 7.86. The van der Waals surface area contributed by atoms with Crippen LogP contribution in [-0.2, 0) is 6.42 Å². The van der Waals surface area contributed by atoms with Gasteiger partial charge in [0, 0.05) is 29.6 Å². The van der Waals surface area contributed by atoms with Crippen molar-refractivity contribution in [2.24, 2.45) is 5.73 Å². The molecule has 0 spiro atoms. The monoisotopic (exact) mass is 317 g/mol. The van der Waals surface area contributed by atoms with Crippen molar-refractivity contribution < 1.29 is 0 Å². The first kappa shape index (κ1) is 15.1. The predicted molar refractivity (Wildman–Crippen MR) is 90.0 cm³/mol. The standard InChI is InChI=1S/C16H20ClN5/c17-12-3-1-2-10(6-12)4-5-20-15-9-14(21-16(19)22-15)11-7-13(18)8-11/h1-3,6,9,11,13H,4-5,7-8,18H2,(H3,19,20,21,22). The Hall–Kier alpha value is -1.85. The second kappa shape index (κ2) is 6.50. The van der Waals surface area contributed by atoms with Gasteiger partial charge in [-0.25, -0.2) is 4.98 Å². The van der Waals surface area contributed by atoms with Crippen LogP contribution in [0.25, 0.3) is 0 Å². The molecular weight excluding hydrogens is 298 g/mol. The number of aromatic nitrogens is 2. The number of nitrogens with zero attached hydrogens (tertiary/aromatic N) is 2. The van der Waals surface area contributed by atoms with E-state index in [1.54, 1.807) is 0 Å². The van der Waals surface area contributed by atoms with Crippen molar-refractivity contribution >= 4 is 23.4 Å². The van der Waals surface area contributed by atoms with Crippen LogP contribution in [0.1, 0.15) is 30.0 Å². The van der Waals surface area contributed by atoms with E-state index in [4.69, 9.17) is 23.1 Å². The molecule has 116 valence electrons. The molecule has 5 N–H and O–H groups in total. The number of hydrogen-bond acceptors (Lipinski definition) is 5. The molecule has 1 aromatic carbocycles. The molecule has 0 amide bonds. The maximum atomic E-state index is 5.98. The number of nitrogen functional groups attached to an aromatic ring is 1. The number of hydrogen-bond donors (Lipinski definition) is 3. The molecule has 1 saturated carbocycles. The summed E-state index contributed by atoms with van der Waals surface area (Å²) in [5, 5.41) is 4.06. The Bertz CT molecular complexity index is 655. The Morgan fingerprint density at radius 1 is 1.23 bits per heavy atom. The number of benzene rings is 1. The Kier molecular flexibility index (Phi) is 4.45. The predicted octanol–water partition coefficient (Wildman–Crippen LogP) is 2.57. The third-order valence-corrected chi connectivity index (χ3v) is 4.20. The molecule has 2 aromatic rings. The lowest BCUT2D eigenvalue weighted by Crippen LogP contribution is -2.35. The summed E-state index contributed by atoms with van der Waals surface area (Å²) >= 11 is 5.98. The lowest BCUT2D eigenvalue weighted by Gasteiger charge is -2.32. The molecule has 0 saturated heterocycles. The van der Waals surface area contributed by atoms with Gasteiger partial charge in [0.1, 0.15) is 5.82 Å². The second-order valence-corrected chi connectivity index (χ2v) is 6.21. The van der Waals surface area contributed by atoms with Gasteiger partial charge >= 0.3 is 0 Å². The summed E-state index contributed by atoms with van der Waals surface area (Å²) in [6, 6.07) is 10.1. The van der Waals surface area contributed by atoms with Crippen LogP contribution in [0, 0.1) is 0 Å². The maximum absolute atomic E-state index is 5.98. The van der Waals surface area contributed by atoms with Gasteiger partial charge in [0.15, 0.2) is 0 Å². The summed E-state index contributed by atoms with van der Waals surface area (Å²) in [6.07, 6.45) is 2.81. The topological polar surface area (TPSA) is 89.8 Å². The summed E-state index contributed by atoms with van der Waals surface area (Å²) in [4.78, 5) is 8.56. The third-order valence-electron chi connectivity index (χ3n) is 3.96. The number of nitrogens with two attached hydrogens (primary N) is 2. The van der Waals surface area contributed by atoms with E-state index in [1.807, 2.05) is 24.3 Å². The summed E-state index contributed by atoms with van der Waals surface area (Å²) < 4.78 is 0. The van der Waals surface area contributed by atoms with Gasteiger partial charge in [0.25, 0.3) is 0 Å². The molecule has 0 bridgehead atoms. The Morgan fingerprint density at radius 2 is 2.05 bits per heavy atom. The second-order valence-electron chi connectivity index (χ2n) is 5.77. The first-order chi connectivity index (χ1) is 10.6. The number of rotatable bonds is 5. The highest BCUT2D eigenvalue weighted by Crippen LogP contribution is 2.35. The van der Waals surface area contributed by atoms with E-state index < -0.39 is 0 Å². The lowest BCUT2D eigenvalue weighted by atomic mass is 9.78. The average Bonchev–Trinajstić information content (AvgIpc) is 2.43. The van der Waals surface area contributed by atoms with E-state index in [0.29, 0.717) is 17.9 Å². The molecule has 3 rings (SSSR count). The van der Waals surface area contributed by atoms with E-state index >= 15 is 0 Å². The molecule has 5 nitrogen and oxygen atoms in total. The summed E-state index contributed by atoms with van der Waals surface area (Å²) in [7, 11) is 0. The summed E-state index contributed by atoms with van der Waals surface area (Å²) in [6.45, 7) is 0.764. The minimum Gasteiger partial charge on any atom is -0.370 e. The minimum absolute atomic E-state index is 0.292. The van der Waals surface area contributed by atoms with Gasteiger partial charge in [-0.05, 0) is 37.0 Å². The van der Waals surface area contributed by atoms with Gasteiger partial charge in [-0.1, -0.05) is 23.7 Å². The number of anilines is 2. The van der Waals surface area contributed by atoms with Crippen molar-refractivity contribution in [1.82, 2.24) is 9.97 Å². The summed E-state index contributed by atoms with van der Waals surface area (Å²) in [5.74, 6) is 1.49. The quantitative estimate of drug-likeness (QED) is 0.788. The van der Waals surface area contributed by atoms with Crippen LogP contribution in [0.4, 0.5) is 11.8 Å². The van der Waals surface area contributed by atoms with Crippen molar-refractivity contribution in [2.75, 3.05) is 17.6 Å². The molecule has 1 heterocycles. The fourth-order valence-corrected chi connectivity index (χ4v) is 2.93. The molecule has 0 aliphatic heterocycles. The zero-order valence-corrected chi connectivity index (χ0v) is 13.1. The van der Waals surface area contributed by atoms with E-state index in [0.717, 1.165) is 42.3 Å². The third kappa shape index (κ3) is 3.67. The maximum Gasteiger partial charge on any atom is 0.222 e. The van der Waals surface area contributed by atoms with E-state index in [9.17, 15) is 0 Å². The first-order valence-electron chi connectivity index (χ1n) is 7.48. The van der Waals surface area contributed by atoms with E-state index in [-0.39, 0.29) is 0 Å². The van der Waals surface area contributed by atoms with E-state index in [1.165, 1.54) is 5.56 Å². The van der Waals surface area contributed by atoms with Gasteiger partial charge in [-0.3, -0.25) is 0 Å². The normalized spacial score (nSPS) is 20.5. The molecule has 1 aliphatic rings. The smallest absolute Gasteiger partial charge is 0.222 e. The van der Waals surface area contributed by atoms with E-state index in [2.05, 4.69) is 21.4 Å². The molecule has 0 unspecified atom stereocenters. The van der Waals surface area contributed by atoms with Gasteiger partial charge in [-0.2, -0.15) is 4.98 Å². The summed E-state index contributed by atoms with van der Waals surface area (Å²) in [5.41, 5.74) is 13.8. The van der Waals surface area contributed by atoms with Gasteiger partial charge < -0.3 is 16.8 Å². The molecule has 1 fully saturated rings.